The van der Waals surface area contributed by atoms with Gasteiger partial charge in [-0.1, -0.05) is 48.5 Å². The third kappa shape index (κ3) is 3.23. The Morgan fingerprint density at radius 3 is 2.23 bits per heavy atom. The molecule has 0 fully saturated rings. The summed E-state index contributed by atoms with van der Waals surface area (Å²) in [6.07, 6.45) is 3.97. The number of benzene rings is 2. The normalized spacial score (nSPS) is 11.2. The molecule has 2 heteroatoms. The molecule has 0 aliphatic rings. The minimum absolute atomic E-state index is 0.858. The molecule has 0 bridgehead atoms. The summed E-state index contributed by atoms with van der Waals surface area (Å²) in [7, 11) is 1.67. The zero-order valence-corrected chi connectivity index (χ0v) is 12.4. The van der Waals surface area contributed by atoms with E-state index in [-0.39, 0.29) is 0 Å². The van der Waals surface area contributed by atoms with E-state index in [0.29, 0.717) is 0 Å². The highest BCUT2D eigenvalue weighted by molar-refractivity contribution is 5.90. The molecule has 0 N–H and O–H groups in total. The van der Waals surface area contributed by atoms with Crippen molar-refractivity contribution in [3.63, 3.8) is 0 Å². The van der Waals surface area contributed by atoms with E-state index in [4.69, 9.17) is 4.74 Å². The van der Waals surface area contributed by atoms with Crippen molar-refractivity contribution >= 4 is 11.6 Å². The average molecular weight is 287 g/mol. The molecule has 0 saturated heterocycles. The second kappa shape index (κ2) is 6.72. The van der Waals surface area contributed by atoms with E-state index in [1.807, 2.05) is 66.9 Å². The van der Waals surface area contributed by atoms with Crippen molar-refractivity contribution in [2.75, 3.05) is 7.11 Å². The van der Waals surface area contributed by atoms with Gasteiger partial charge in [-0.05, 0) is 41.5 Å². The summed E-state index contributed by atoms with van der Waals surface area (Å²) < 4.78 is 5.21. The molecule has 0 spiro atoms. The molecule has 2 aromatic carbocycles. The molecule has 0 atom stereocenters. The third-order valence-electron chi connectivity index (χ3n) is 3.45. The van der Waals surface area contributed by atoms with Crippen LogP contribution in [0.4, 0.5) is 0 Å². The van der Waals surface area contributed by atoms with E-state index in [2.05, 4.69) is 23.2 Å². The van der Waals surface area contributed by atoms with Crippen molar-refractivity contribution in [1.29, 1.82) is 0 Å². The topological polar surface area (TPSA) is 22.1 Å². The summed E-state index contributed by atoms with van der Waals surface area (Å²) >= 11 is 0. The van der Waals surface area contributed by atoms with Gasteiger partial charge in [0.25, 0.3) is 0 Å². The zero-order valence-electron chi connectivity index (χ0n) is 12.4. The van der Waals surface area contributed by atoms with Gasteiger partial charge in [-0.15, -0.1) is 0 Å². The Morgan fingerprint density at radius 2 is 1.59 bits per heavy atom. The second-order valence-corrected chi connectivity index (χ2v) is 4.91. The molecular weight excluding hydrogens is 270 g/mol. The fourth-order valence-corrected chi connectivity index (χ4v) is 2.31. The van der Waals surface area contributed by atoms with Gasteiger partial charge in [0.1, 0.15) is 5.75 Å². The molecule has 108 valence electrons. The van der Waals surface area contributed by atoms with E-state index in [1.165, 1.54) is 0 Å². The number of rotatable bonds is 4. The number of nitrogens with zero attached hydrogens (tertiary/aromatic N) is 1. The van der Waals surface area contributed by atoms with Crippen LogP contribution in [-0.4, -0.2) is 12.1 Å². The summed E-state index contributed by atoms with van der Waals surface area (Å²) in [6.45, 7) is 0. The van der Waals surface area contributed by atoms with Gasteiger partial charge in [0.15, 0.2) is 0 Å². The molecule has 22 heavy (non-hydrogen) atoms. The zero-order chi connectivity index (χ0) is 15.2. The fraction of sp³-hybridized carbons (Fsp3) is 0.0500. The van der Waals surface area contributed by atoms with Crippen LogP contribution in [0.2, 0.25) is 0 Å². The van der Waals surface area contributed by atoms with Crippen molar-refractivity contribution in [3.8, 4) is 5.75 Å². The van der Waals surface area contributed by atoms with Crippen molar-refractivity contribution in [1.82, 2.24) is 4.98 Å². The van der Waals surface area contributed by atoms with Crippen LogP contribution < -0.4 is 4.74 Å². The van der Waals surface area contributed by atoms with Gasteiger partial charge in [0.2, 0.25) is 0 Å². The largest absolute Gasteiger partial charge is 0.497 e. The standard InChI is InChI=1S/C20H17NO/c1-22-18-12-10-16(11-13-18)15-19(17-7-3-2-4-8-17)20-9-5-6-14-21-20/h2-15H,1H3/b19-15+. The fourth-order valence-electron chi connectivity index (χ4n) is 2.31. The maximum Gasteiger partial charge on any atom is 0.118 e. The Labute approximate surface area is 130 Å². The van der Waals surface area contributed by atoms with Crippen LogP contribution in [0.5, 0.6) is 5.75 Å². The van der Waals surface area contributed by atoms with Crippen LogP contribution in [0, 0.1) is 0 Å². The third-order valence-corrected chi connectivity index (χ3v) is 3.45. The Bertz CT molecular complexity index is 705. The minimum Gasteiger partial charge on any atom is -0.497 e. The summed E-state index contributed by atoms with van der Waals surface area (Å²) in [5.74, 6) is 0.858. The molecule has 1 heterocycles. The van der Waals surface area contributed by atoms with Crippen molar-refractivity contribution in [3.05, 3.63) is 95.8 Å². The number of methoxy groups -OCH3 is 1. The van der Waals surface area contributed by atoms with Crippen LogP contribution in [-0.2, 0) is 0 Å². The SMILES string of the molecule is COc1ccc(/C=C(\c2ccccc2)c2ccccn2)cc1. The Kier molecular flexibility index (Phi) is 4.30. The van der Waals surface area contributed by atoms with Crippen molar-refractivity contribution < 1.29 is 4.74 Å². The van der Waals surface area contributed by atoms with Gasteiger partial charge >= 0.3 is 0 Å². The monoisotopic (exact) mass is 287 g/mol. The highest BCUT2D eigenvalue weighted by Gasteiger charge is 2.06. The summed E-state index contributed by atoms with van der Waals surface area (Å²) in [5.41, 5.74) is 4.33. The summed E-state index contributed by atoms with van der Waals surface area (Å²) in [5, 5.41) is 0. The highest BCUT2D eigenvalue weighted by atomic mass is 16.5. The second-order valence-electron chi connectivity index (χ2n) is 4.91. The van der Waals surface area contributed by atoms with Crippen LogP contribution in [0.3, 0.4) is 0 Å². The number of hydrogen-bond donors (Lipinski definition) is 0. The predicted octanol–water partition coefficient (Wildman–Crippen LogP) is 4.68. The lowest BCUT2D eigenvalue weighted by molar-refractivity contribution is 0.415. The maximum absolute atomic E-state index is 5.21. The first kappa shape index (κ1) is 14.1. The summed E-state index contributed by atoms with van der Waals surface area (Å²) in [6, 6.07) is 24.3. The number of pyridine rings is 1. The van der Waals surface area contributed by atoms with Gasteiger partial charge in [0, 0.05) is 11.8 Å². The lowest BCUT2D eigenvalue weighted by Gasteiger charge is -2.08. The molecule has 2 nitrogen and oxygen atoms in total. The molecule has 0 radical (unpaired) electrons. The number of ether oxygens (including phenoxy) is 1. The molecule has 3 aromatic rings. The van der Waals surface area contributed by atoms with Crippen LogP contribution in [0.25, 0.3) is 11.6 Å². The molecule has 0 aliphatic carbocycles. The first-order valence-electron chi connectivity index (χ1n) is 7.19. The van der Waals surface area contributed by atoms with Crippen molar-refractivity contribution in [2.24, 2.45) is 0 Å². The van der Waals surface area contributed by atoms with E-state index in [0.717, 1.165) is 28.1 Å². The summed E-state index contributed by atoms with van der Waals surface area (Å²) in [4.78, 5) is 4.49. The van der Waals surface area contributed by atoms with Crippen molar-refractivity contribution in [2.45, 2.75) is 0 Å². The first-order valence-corrected chi connectivity index (χ1v) is 7.19. The smallest absolute Gasteiger partial charge is 0.118 e. The Morgan fingerprint density at radius 1 is 0.864 bits per heavy atom. The molecule has 0 saturated carbocycles. The average Bonchev–Trinajstić information content (AvgIpc) is 2.62. The number of hydrogen-bond acceptors (Lipinski definition) is 2. The molecule has 1 aromatic heterocycles. The number of aromatic nitrogens is 1. The van der Waals surface area contributed by atoms with Crippen LogP contribution >= 0.6 is 0 Å². The van der Waals surface area contributed by atoms with Crippen LogP contribution in [0.1, 0.15) is 16.8 Å². The molecule has 0 aliphatic heterocycles. The van der Waals surface area contributed by atoms with Gasteiger partial charge in [-0.25, -0.2) is 0 Å². The first-order chi connectivity index (χ1) is 10.9. The lowest BCUT2D eigenvalue weighted by Crippen LogP contribution is -1.91. The molecule has 0 amide bonds. The highest BCUT2D eigenvalue weighted by Crippen LogP contribution is 2.25. The molecule has 0 unspecified atom stereocenters. The Hall–Kier alpha value is -2.87. The van der Waals surface area contributed by atoms with Gasteiger partial charge in [-0.2, -0.15) is 0 Å². The quantitative estimate of drug-likeness (QED) is 0.650. The van der Waals surface area contributed by atoms with Gasteiger partial charge in [0.05, 0.1) is 12.8 Å². The Balaban J connectivity index is 2.06. The van der Waals surface area contributed by atoms with E-state index >= 15 is 0 Å². The van der Waals surface area contributed by atoms with Crippen LogP contribution in [0.15, 0.2) is 79.0 Å². The van der Waals surface area contributed by atoms with E-state index < -0.39 is 0 Å². The molecule has 3 rings (SSSR count). The van der Waals surface area contributed by atoms with Gasteiger partial charge < -0.3 is 4.74 Å². The van der Waals surface area contributed by atoms with Gasteiger partial charge in [-0.3, -0.25) is 4.98 Å². The van der Waals surface area contributed by atoms with E-state index in [9.17, 15) is 0 Å². The maximum atomic E-state index is 5.21. The predicted molar refractivity (Wildman–Crippen MR) is 90.6 cm³/mol. The van der Waals surface area contributed by atoms with E-state index in [1.54, 1.807) is 7.11 Å². The molecular formula is C20H17NO. The lowest BCUT2D eigenvalue weighted by atomic mass is 9.99. The minimum atomic E-state index is 0.858.